The summed E-state index contributed by atoms with van der Waals surface area (Å²) >= 11 is 0. The summed E-state index contributed by atoms with van der Waals surface area (Å²) in [5.74, 6) is 0. The zero-order valence-corrected chi connectivity index (χ0v) is 7.73. The quantitative estimate of drug-likeness (QED) is 0.658. The van der Waals surface area contributed by atoms with Crippen LogP contribution in [0.15, 0.2) is 30.5 Å². The van der Waals surface area contributed by atoms with Crippen LogP contribution in [0.3, 0.4) is 0 Å². The van der Waals surface area contributed by atoms with Crippen LogP contribution in [0.5, 0.6) is 0 Å². The van der Waals surface area contributed by atoms with E-state index in [9.17, 15) is 0 Å². The highest BCUT2D eigenvalue weighted by molar-refractivity contribution is 5.58. The fourth-order valence-corrected chi connectivity index (χ4v) is 1.36. The smallest absolute Gasteiger partial charge is 0.0882 e. The topological polar surface area (TPSA) is 30.7 Å². The third-order valence-electron chi connectivity index (χ3n) is 2.03. The molecule has 0 N–H and O–H groups in total. The Labute approximate surface area is 77.0 Å². The van der Waals surface area contributed by atoms with E-state index < -0.39 is 0 Å². The van der Waals surface area contributed by atoms with Crippen LogP contribution >= 0.6 is 0 Å². The number of benzene rings is 1. The molecule has 1 aromatic heterocycles. The van der Waals surface area contributed by atoms with E-state index in [2.05, 4.69) is 35.4 Å². The summed E-state index contributed by atoms with van der Waals surface area (Å²) in [7, 11) is 1.89. The largest absolute Gasteiger partial charge is 0.248 e. The van der Waals surface area contributed by atoms with E-state index in [4.69, 9.17) is 0 Å². The summed E-state index contributed by atoms with van der Waals surface area (Å²) in [5, 5.41) is 7.73. The second-order valence-corrected chi connectivity index (χ2v) is 3.11. The number of hydrogen-bond acceptors (Lipinski definition) is 2. The van der Waals surface area contributed by atoms with Crippen LogP contribution in [0.4, 0.5) is 0 Å². The fourth-order valence-electron chi connectivity index (χ4n) is 1.36. The molecule has 3 heteroatoms. The van der Waals surface area contributed by atoms with Crippen molar-refractivity contribution in [1.82, 2.24) is 15.0 Å². The number of hydrogen-bond donors (Lipinski definition) is 0. The van der Waals surface area contributed by atoms with Gasteiger partial charge in [-0.05, 0) is 13.0 Å². The van der Waals surface area contributed by atoms with Gasteiger partial charge in [0.1, 0.15) is 0 Å². The molecule has 0 saturated carbocycles. The van der Waals surface area contributed by atoms with Crippen molar-refractivity contribution in [2.75, 3.05) is 0 Å². The van der Waals surface area contributed by atoms with Crippen LogP contribution in [0.25, 0.3) is 11.3 Å². The lowest BCUT2D eigenvalue weighted by Gasteiger charge is -2.00. The van der Waals surface area contributed by atoms with Gasteiger partial charge in [0.05, 0.1) is 11.9 Å². The molecule has 0 atom stereocenters. The fraction of sp³-hybridized carbons (Fsp3) is 0.200. The Hall–Kier alpha value is -1.64. The van der Waals surface area contributed by atoms with E-state index in [1.807, 2.05) is 13.1 Å². The minimum atomic E-state index is 1.05. The number of nitrogens with zero attached hydrogens (tertiary/aromatic N) is 3. The molecule has 0 bridgehead atoms. The Morgan fingerprint density at radius 2 is 2.15 bits per heavy atom. The minimum Gasteiger partial charge on any atom is -0.248 e. The lowest BCUT2D eigenvalue weighted by atomic mass is 10.1. The maximum Gasteiger partial charge on any atom is 0.0882 e. The van der Waals surface area contributed by atoms with Crippen LogP contribution in [0, 0.1) is 6.92 Å². The molecule has 1 aromatic carbocycles. The summed E-state index contributed by atoms with van der Waals surface area (Å²) in [6.45, 7) is 2.08. The molecule has 66 valence electrons. The van der Waals surface area contributed by atoms with Gasteiger partial charge in [-0.2, -0.15) is 0 Å². The average molecular weight is 173 g/mol. The Bertz CT molecular complexity index is 418. The summed E-state index contributed by atoms with van der Waals surface area (Å²) in [6, 6.07) is 8.30. The molecule has 0 radical (unpaired) electrons. The summed E-state index contributed by atoms with van der Waals surface area (Å²) in [4.78, 5) is 0. The molecule has 0 aliphatic rings. The van der Waals surface area contributed by atoms with Crippen molar-refractivity contribution in [1.29, 1.82) is 0 Å². The van der Waals surface area contributed by atoms with Crippen LogP contribution in [0.2, 0.25) is 0 Å². The predicted molar refractivity (Wildman–Crippen MR) is 51.2 cm³/mol. The predicted octanol–water partition coefficient (Wildman–Crippen LogP) is 1.79. The highest BCUT2D eigenvalue weighted by Gasteiger charge is 2.02. The molecule has 0 amide bonds. The standard InChI is InChI=1S/C10H11N3/c1-8-4-3-5-9(6-8)10-7-11-12-13(10)2/h3-7H,1-2H3. The maximum atomic E-state index is 3.89. The van der Waals surface area contributed by atoms with E-state index in [0.29, 0.717) is 0 Å². The van der Waals surface area contributed by atoms with Gasteiger partial charge in [0.25, 0.3) is 0 Å². The van der Waals surface area contributed by atoms with Gasteiger partial charge in [-0.25, -0.2) is 4.68 Å². The SMILES string of the molecule is Cc1cccc(-c2cnnn2C)c1. The summed E-state index contributed by atoms with van der Waals surface area (Å²) in [6.07, 6.45) is 1.77. The number of aryl methyl sites for hydroxylation is 2. The monoisotopic (exact) mass is 173 g/mol. The molecule has 2 rings (SSSR count). The third kappa shape index (κ3) is 1.45. The first-order valence-corrected chi connectivity index (χ1v) is 4.19. The van der Waals surface area contributed by atoms with Gasteiger partial charge in [-0.3, -0.25) is 0 Å². The van der Waals surface area contributed by atoms with Gasteiger partial charge in [-0.1, -0.05) is 29.0 Å². The normalized spacial score (nSPS) is 10.3. The molecular weight excluding hydrogens is 162 g/mol. The zero-order valence-electron chi connectivity index (χ0n) is 7.73. The summed E-state index contributed by atoms with van der Waals surface area (Å²) < 4.78 is 1.77. The number of rotatable bonds is 1. The van der Waals surface area contributed by atoms with Gasteiger partial charge in [0, 0.05) is 12.6 Å². The van der Waals surface area contributed by atoms with E-state index in [0.717, 1.165) is 11.3 Å². The molecule has 3 nitrogen and oxygen atoms in total. The molecule has 0 aliphatic heterocycles. The van der Waals surface area contributed by atoms with Crippen LogP contribution in [-0.2, 0) is 7.05 Å². The third-order valence-corrected chi connectivity index (χ3v) is 2.03. The van der Waals surface area contributed by atoms with Crippen molar-refractivity contribution in [3.63, 3.8) is 0 Å². The molecule has 1 heterocycles. The first-order valence-electron chi connectivity index (χ1n) is 4.19. The highest BCUT2D eigenvalue weighted by atomic mass is 15.4. The van der Waals surface area contributed by atoms with Gasteiger partial charge < -0.3 is 0 Å². The van der Waals surface area contributed by atoms with Crippen molar-refractivity contribution in [3.8, 4) is 11.3 Å². The van der Waals surface area contributed by atoms with Gasteiger partial charge >= 0.3 is 0 Å². The molecule has 0 unspecified atom stereocenters. The zero-order chi connectivity index (χ0) is 9.26. The molecular formula is C10H11N3. The van der Waals surface area contributed by atoms with Crippen LogP contribution in [0.1, 0.15) is 5.56 Å². The number of aromatic nitrogens is 3. The van der Waals surface area contributed by atoms with Crippen LogP contribution < -0.4 is 0 Å². The Balaban J connectivity index is 2.53. The lowest BCUT2D eigenvalue weighted by Crippen LogP contribution is -1.93. The molecule has 0 fully saturated rings. The van der Waals surface area contributed by atoms with E-state index in [1.165, 1.54) is 5.56 Å². The molecule has 0 saturated heterocycles. The van der Waals surface area contributed by atoms with Gasteiger partial charge in [0.15, 0.2) is 0 Å². The second-order valence-electron chi connectivity index (χ2n) is 3.11. The van der Waals surface area contributed by atoms with Crippen molar-refractivity contribution < 1.29 is 0 Å². The van der Waals surface area contributed by atoms with Gasteiger partial charge in [-0.15, -0.1) is 5.10 Å². The van der Waals surface area contributed by atoms with E-state index >= 15 is 0 Å². The van der Waals surface area contributed by atoms with E-state index in [1.54, 1.807) is 10.9 Å². The Kier molecular flexibility index (Phi) is 1.85. The van der Waals surface area contributed by atoms with Crippen LogP contribution in [-0.4, -0.2) is 15.0 Å². The van der Waals surface area contributed by atoms with Crippen molar-refractivity contribution in [3.05, 3.63) is 36.0 Å². The maximum absolute atomic E-state index is 3.89. The first-order chi connectivity index (χ1) is 6.27. The molecule has 2 aromatic rings. The van der Waals surface area contributed by atoms with Crippen molar-refractivity contribution >= 4 is 0 Å². The average Bonchev–Trinajstić information content (AvgIpc) is 2.51. The Morgan fingerprint density at radius 1 is 1.31 bits per heavy atom. The van der Waals surface area contributed by atoms with Crippen molar-refractivity contribution in [2.24, 2.45) is 7.05 Å². The lowest BCUT2D eigenvalue weighted by molar-refractivity contribution is 0.720. The molecule has 13 heavy (non-hydrogen) atoms. The second kappa shape index (κ2) is 3.01. The highest BCUT2D eigenvalue weighted by Crippen LogP contribution is 2.17. The minimum absolute atomic E-state index is 1.05. The van der Waals surface area contributed by atoms with Gasteiger partial charge in [0.2, 0.25) is 0 Å². The molecule has 0 aliphatic carbocycles. The summed E-state index contributed by atoms with van der Waals surface area (Å²) in [5.41, 5.74) is 3.45. The first kappa shape index (κ1) is 7.98. The van der Waals surface area contributed by atoms with E-state index in [-0.39, 0.29) is 0 Å². The Morgan fingerprint density at radius 3 is 2.77 bits per heavy atom. The van der Waals surface area contributed by atoms with Crippen molar-refractivity contribution in [2.45, 2.75) is 6.92 Å². The molecule has 0 spiro atoms.